The molecule has 0 radical (unpaired) electrons. The summed E-state index contributed by atoms with van der Waals surface area (Å²) in [5.41, 5.74) is 7.40. The molecular weight excluding hydrogens is 246 g/mol. The molecule has 20 heavy (non-hydrogen) atoms. The highest BCUT2D eigenvalue weighted by molar-refractivity contribution is 5.27. The molecular formula is C18H31NO. The molecule has 0 spiro atoms. The zero-order valence-corrected chi connectivity index (χ0v) is 13.5. The van der Waals surface area contributed by atoms with Gasteiger partial charge in [0.25, 0.3) is 0 Å². The van der Waals surface area contributed by atoms with Crippen LogP contribution in [0.2, 0.25) is 0 Å². The Kier molecular flexibility index (Phi) is 7.68. The molecule has 0 saturated heterocycles. The second-order valence-electron chi connectivity index (χ2n) is 6.42. The van der Waals surface area contributed by atoms with Crippen LogP contribution in [0, 0.1) is 5.41 Å². The highest BCUT2D eigenvalue weighted by Crippen LogP contribution is 2.21. The van der Waals surface area contributed by atoms with Crippen LogP contribution in [-0.2, 0) is 6.42 Å². The van der Waals surface area contributed by atoms with E-state index in [1.165, 1.54) is 37.7 Å². The van der Waals surface area contributed by atoms with Crippen molar-refractivity contribution in [2.45, 2.75) is 59.3 Å². The third-order valence-electron chi connectivity index (χ3n) is 3.81. The first-order valence-corrected chi connectivity index (χ1v) is 7.99. The molecule has 114 valence electrons. The fourth-order valence-electron chi connectivity index (χ4n) is 2.13. The maximum absolute atomic E-state index is 5.78. The van der Waals surface area contributed by atoms with Crippen molar-refractivity contribution >= 4 is 0 Å². The van der Waals surface area contributed by atoms with Gasteiger partial charge in [-0.2, -0.15) is 0 Å². The third kappa shape index (κ3) is 6.95. The van der Waals surface area contributed by atoms with Crippen molar-refractivity contribution in [3.63, 3.8) is 0 Å². The quantitative estimate of drug-likeness (QED) is 0.636. The highest BCUT2D eigenvalue weighted by Gasteiger charge is 2.14. The van der Waals surface area contributed by atoms with Gasteiger partial charge in [-0.15, -0.1) is 0 Å². The molecule has 0 aliphatic carbocycles. The standard InChI is InChI=1S/C18H31NO/c1-4-5-8-16-9-11-17(12-10-16)20-14-7-6-13-18(2,3)15-19/h9-12H,4-8,13-15,19H2,1-3H3. The molecule has 0 aromatic heterocycles. The van der Waals surface area contributed by atoms with E-state index in [9.17, 15) is 0 Å². The SMILES string of the molecule is CCCCc1ccc(OCCCCC(C)(C)CN)cc1. The van der Waals surface area contributed by atoms with Crippen LogP contribution in [0.25, 0.3) is 0 Å². The summed E-state index contributed by atoms with van der Waals surface area (Å²) in [5, 5.41) is 0. The second kappa shape index (κ2) is 9.02. The first kappa shape index (κ1) is 17.0. The van der Waals surface area contributed by atoms with Crippen LogP contribution >= 0.6 is 0 Å². The van der Waals surface area contributed by atoms with Gasteiger partial charge >= 0.3 is 0 Å². The lowest BCUT2D eigenvalue weighted by Gasteiger charge is -2.21. The van der Waals surface area contributed by atoms with E-state index < -0.39 is 0 Å². The summed E-state index contributed by atoms with van der Waals surface area (Å²) in [5.74, 6) is 0.989. The molecule has 0 heterocycles. The lowest BCUT2D eigenvalue weighted by Crippen LogP contribution is -2.23. The maximum atomic E-state index is 5.78. The molecule has 1 aromatic carbocycles. The Morgan fingerprint density at radius 2 is 1.75 bits per heavy atom. The van der Waals surface area contributed by atoms with Crippen LogP contribution in [0.15, 0.2) is 24.3 Å². The third-order valence-corrected chi connectivity index (χ3v) is 3.81. The van der Waals surface area contributed by atoms with Gasteiger partial charge in [0.2, 0.25) is 0 Å². The predicted octanol–water partition coefficient (Wildman–Crippen LogP) is 4.56. The number of unbranched alkanes of at least 4 members (excludes halogenated alkanes) is 2. The predicted molar refractivity (Wildman–Crippen MR) is 87.2 cm³/mol. The van der Waals surface area contributed by atoms with Gasteiger partial charge in [-0.25, -0.2) is 0 Å². The lowest BCUT2D eigenvalue weighted by molar-refractivity contribution is 0.279. The molecule has 0 bridgehead atoms. The summed E-state index contributed by atoms with van der Waals surface area (Å²) in [4.78, 5) is 0. The molecule has 0 atom stereocenters. The number of nitrogens with two attached hydrogens (primary N) is 1. The van der Waals surface area contributed by atoms with Crippen LogP contribution in [0.5, 0.6) is 5.75 Å². The molecule has 1 rings (SSSR count). The van der Waals surface area contributed by atoms with Gasteiger partial charge in [0.1, 0.15) is 5.75 Å². The van der Waals surface area contributed by atoms with E-state index in [1.807, 2.05) is 0 Å². The number of rotatable bonds is 10. The van der Waals surface area contributed by atoms with Gasteiger partial charge in [-0.05, 0) is 61.8 Å². The Bertz CT molecular complexity index is 356. The van der Waals surface area contributed by atoms with E-state index >= 15 is 0 Å². The van der Waals surface area contributed by atoms with E-state index in [0.29, 0.717) is 0 Å². The normalized spacial score (nSPS) is 11.6. The zero-order chi connectivity index (χ0) is 14.8. The maximum Gasteiger partial charge on any atom is 0.119 e. The minimum Gasteiger partial charge on any atom is -0.494 e. The van der Waals surface area contributed by atoms with Gasteiger partial charge in [0, 0.05) is 0 Å². The molecule has 0 aliphatic rings. The van der Waals surface area contributed by atoms with E-state index in [4.69, 9.17) is 10.5 Å². The molecule has 0 fully saturated rings. The molecule has 0 unspecified atom stereocenters. The van der Waals surface area contributed by atoms with Crippen LogP contribution in [0.4, 0.5) is 0 Å². The Hall–Kier alpha value is -1.02. The summed E-state index contributed by atoms with van der Waals surface area (Å²) >= 11 is 0. The molecule has 0 saturated carbocycles. The molecule has 0 amide bonds. The Labute approximate surface area is 124 Å². The summed E-state index contributed by atoms with van der Waals surface area (Å²) in [6.45, 7) is 8.23. The van der Waals surface area contributed by atoms with Crippen molar-refractivity contribution in [3.8, 4) is 5.75 Å². The molecule has 2 nitrogen and oxygen atoms in total. The van der Waals surface area contributed by atoms with Gasteiger partial charge in [-0.1, -0.05) is 39.3 Å². The van der Waals surface area contributed by atoms with Crippen LogP contribution in [0.3, 0.4) is 0 Å². The molecule has 2 heteroatoms. The topological polar surface area (TPSA) is 35.2 Å². The van der Waals surface area contributed by atoms with Crippen LogP contribution in [0.1, 0.15) is 58.4 Å². The van der Waals surface area contributed by atoms with Gasteiger partial charge < -0.3 is 10.5 Å². The number of aryl methyl sites for hydroxylation is 1. The van der Waals surface area contributed by atoms with Gasteiger partial charge in [0.05, 0.1) is 6.61 Å². The minimum absolute atomic E-state index is 0.265. The monoisotopic (exact) mass is 277 g/mol. The van der Waals surface area contributed by atoms with E-state index in [-0.39, 0.29) is 5.41 Å². The minimum atomic E-state index is 0.265. The first-order valence-electron chi connectivity index (χ1n) is 7.99. The summed E-state index contributed by atoms with van der Waals surface area (Å²) < 4.78 is 5.78. The van der Waals surface area contributed by atoms with E-state index in [0.717, 1.165) is 25.3 Å². The second-order valence-corrected chi connectivity index (χ2v) is 6.42. The average molecular weight is 277 g/mol. The van der Waals surface area contributed by atoms with Crippen molar-refractivity contribution in [2.24, 2.45) is 11.1 Å². The number of hydrogen-bond donors (Lipinski definition) is 1. The summed E-state index contributed by atoms with van der Waals surface area (Å²) in [6.07, 6.45) is 7.13. The van der Waals surface area contributed by atoms with Crippen molar-refractivity contribution in [1.82, 2.24) is 0 Å². The smallest absolute Gasteiger partial charge is 0.119 e. The number of hydrogen-bond acceptors (Lipinski definition) is 2. The fourth-order valence-corrected chi connectivity index (χ4v) is 2.13. The zero-order valence-electron chi connectivity index (χ0n) is 13.5. The van der Waals surface area contributed by atoms with E-state index in [2.05, 4.69) is 45.0 Å². The molecule has 2 N–H and O–H groups in total. The van der Waals surface area contributed by atoms with Gasteiger partial charge in [-0.3, -0.25) is 0 Å². The largest absolute Gasteiger partial charge is 0.494 e. The highest BCUT2D eigenvalue weighted by atomic mass is 16.5. The van der Waals surface area contributed by atoms with E-state index in [1.54, 1.807) is 0 Å². The fraction of sp³-hybridized carbons (Fsp3) is 0.667. The Morgan fingerprint density at radius 1 is 1.05 bits per heavy atom. The van der Waals surface area contributed by atoms with Crippen molar-refractivity contribution in [1.29, 1.82) is 0 Å². The van der Waals surface area contributed by atoms with Crippen LogP contribution < -0.4 is 10.5 Å². The summed E-state index contributed by atoms with van der Waals surface area (Å²) in [7, 11) is 0. The van der Waals surface area contributed by atoms with Crippen molar-refractivity contribution < 1.29 is 4.74 Å². The number of ether oxygens (including phenoxy) is 1. The molecule has 0 aliphatic heterocycles. The molecule has 1 aromatic rings. The number of benzene rings is 1. The first-order chi connectivity index (χ1) is 9.57. The van der Waals surface area contributed by atoms with Gasteiger partial charge in [0.15, 0.2) is 0 Å². The van der Waals surface area contributed by atoms with Crippen molar-refractivity contribution in [2.75, 3.05) is 13.2 Å². The Balaban J connectivity index is 2.19. The average Bonchev–Trinajstić information content (AvgIpc) is 2.46. The van der Waals surface area contributed by atoms with Crippen molar-refractivity contribution in [3.05, 3.63) is 29.8 Å². The lowest BCUT2D eigenvalue weighted by atomic mass is 9.87. The summed E-state index contributed by atoms with van der Waals surface area (Å²) in [6, 6.07) is 8.55. The van der Waals surface area contributed by atoms with Crippen LogP contribution in [-0.4, -0.2) is 13.2 Å². The Morgan fingerprint density at radius 3 is 2.35 bits per heavy atom.